The van der Waals surface area contributed by atoms with Gasteiger partial charge in [0, 0.05) is 44.2 Å². The van der Waals surface area contributed by atoms with Gasteiger partial charge in [0.25, 0.3) is 0 Å². The maximum absolute atomic E-state index is 4.97. The lowest BCUT2D eigenvalue weighted by Crippen LogP contribution is -2.27. The monoisotopic (exact) mass is 1390 g/mol. The van der Waals surface area contributed by atoms with E-state index >= 15 is 0 Å². The Morgan fingerprint density at radius 1 is 0.148 bits per heavy atom. The molecule has 6 heteroatoms. The van der Waals surface area contributed by atoms with E-state index in [9.17, 15) is 0 Å². The zero-order chi connectivity index (χ0) is 71.8. The molecule has 108 heavy (non-hydrogen) atoms. The molecule has 2 spiro atoms. The molecule has 0 amide bonds. The van der Waals surface area contributed by atoms with E-state index in [-0.39, 0.29) is 10.8 Å². The largest absolute Gasteiger partial charge is 0.208 e. The quantitative estimate of drug-likeness (QED) is 0.121. The highest BCUT2D eigenvalue weighted by Crippen LogP contribution is 2.58. The SMILES string of the molecule is c1ccc(-c2nc(-c3ccccc3)nc(-c3cccc(-c4ccc(-c5cccc(-c6ccc7c(c6)-c6ccccc6C76CCCCC6)c5)cc4)c3)n2)cc1.c1ccc(-c2nc(-c3ccccc3)nc(-c3cccc(-c4cccc(-c5cccc(-c6ccc7c(c6)-c6ccccc6C76CCCCC6)c5)c4)c3)n2)cc1. The molecule has 16 aromatic rings. The predicted molar refractivity (Wildman–Crippen MR) is 443 cm³/mol. The van der Waals surface area contributed by atoms with Gasteiger partial charge in [0.1, 0.15) is 0 Å². The summed E-state index contributed by atoms with van der Waals surface area (Å²) in [6.45, 7) is 0. The smallest absolute Gasteiger partial charge is 0.164 e. The van der Waals surface area contributed by atoms with E-state index < -0.39 is 0 Å². The Morgan fingerprint density at radius 3 is 0.667 bits per heavy atom. The van der Waals surface area contributed by atoms with Crippen molar-refractivity contribution in [3.8, 4) is 157 Å². The third-order valence-corrected chi connectivity index (χ3v) is 23.1. The van der Waals surface area contributed by atoms with Gasteiger partial charge in [-0.2, -0.15) is 0 Å². The van der Waals surface area contributed by atoms with Crippen molar-refractivity contribution in [2.75, 3.05) is 0 Å². The van der Waals surface area contributed by atoms with Gasteiger partial charge in [0.2, 0.25) is 0 Å². The number of hydrogen-bond acceptors (Lipinski definition) is 6. The van der Waals surface area contributed by atoms with Gasteiger partial charge < -0.3 is 0 Å². The summed E-state index contributed by atoms with van der Waals surface area (Å²) in [5, 5.41) is 0. The Bertz CT molecular complexity index is 5880. The lowest BCUT2D eigenvalue weighted by molar-refractivity contribution is 0.353. The first-order valence-corrected chi connectivity index (χ1v) is 38.3. The zero-order valence-corrected chi connectivity index (χ0v) is 60.2. The van der Waals surface area contributed by atoms with Crippen LogP contribution in [-0.4, -0.2) is 29.9 Å². The molecule has 0 saturated heterocycles. The summed E-state index contributed by atoms with van der Waals surface area (Å²) >= 11 is 0. The standard InChI is InChI=1S/2C51H39N3/c1-4-15-35(16-5-1)48-52-49(36-17-6-2-7-18-36)54-50(53-48)43-24-14-23-41(33-43)39-21-12-19-37(31-39)38-20-13-22-40(32-38)42-27-28-47-45(34-42)44-25-8-9-26-46(44)51(47)29-10-3-11-30-51;1-4-14-37(15-5-1)48-52-49(38-16-6-2-7-17-38)54-50(53-48)43-21-13-19-40(33-43)36-26-24-35(25-27-36)39-18-12-20-41(32-39)42-28-29-47-45(34-42)44-22-8-9-23-46(44)51(47)30-10-3-11-31-51/h1-2,4-9,12-28,31-34H,3,10-11,29-30H2;1-2,4-9,12-29,32-34H,3,10-11,30-31H2. The van der Waals surface area contributed by atoms with Crippen molar-refractivity contribution >= 4 is 0 Å². The minimum atomic E-state index is 0.181. The number of benzene rings is 14. The molecule has 0 unspecified atom stereocenters. The Morgan fingerprint density at radius 2 is 0.361 bits per heavy atom. The summed E-state index contributed by atoms with van der Waals surface area (Å²) in [6, 6.07) is 126. The maximum atomic E-state index is 4.97. The molecule has 2 aromatic heterocycles. The van der Waals surface area contributed by atoms with Crippen molar-refractivity contribution in [3.63, 3.8) is 0 Å². The van der Waals surface area contributed by atoms with E-state index in [1.807, 2.05) is 121 Å². The second-order valence-corrected chi connectivity index (χ2v) is 29.5. The van der Waals surface area contributed by atoms with Crippen LogP contribution >= 0.6 is 0 Å². The van der Waals surface area contributed by atoms with Gasteiger partial charge in [0.15, 0.2) is 34.9 Å². The molecule has 0 aliphatic heterocycles. The minimum Gasteiger partial charge on any atom is -0.208 e. The van der Waals surface area contributed by atoms with Crippen molar-refractivity contribution in [1.82, 2.24) is 29.9 Å². The predicted octanol–water partition coefficient (Wildman–Crippen LogP) is 26.2. The number of hydrogen-bond donors (Lipinski definition) is 0. The van der Waals surface area contributed by atoms with Crippen LogP contribution in [0.1, 0.15) is 86.5 Å². The number of nitrogens with zero attached hydrogens (tertiary/aromatic N) is 6. The van der Waals surface area contributed by atoms with Crippen LogP contribution in [0.15, 0.2) is 352 Å². The van der Waals surface area contributed by atoms with E-state index in [4.69, 9.17) is 29.9 Å². The van der Waals surface area contributed by atoms with Crippen molar-refractivity contribution in [1.29, 1.82) is 0 Å². The molecule has 0 bridgehead atoms. The molecule has 4 aliphatic carbocycles. The zero-order valence-electron chi connectivity index (χ0n) is 60.2. The molecule has 2 heterocycles. The van der Waals surface area contributed by atoms with Crippen LogP contribution in [0.2, 0.25) is 0 Å². The molecule has 0 N–H and O–H groups in total. The highest BCUT2D eigenvalue weighted by atomic mass is 15.0. The lowest BCUT2D eigenvalue weighted by Gasteiger charge is -2.36. The first kappa shape index (κ1) is 65.8. The van der Waals surface area contributed by atoms with Gasteiger partial charge in [0.05, 0.1) is 0 Å². The van der Waals surface area contributed by atoms with Gasteiger partial charge in [-0.15, -0.1) is 0 Å². The van der Waals surface area contributed by atoms with Crippen LogP contribution < -0.4 is 0 Å². The van der Waals surface area contributed by atoms with Gasteiger partial charge in [-0.1, -0.05) is 348 Å². The fourth-order valence-corrected chi connectivity index (χ4v) is 17.7. The normalized spacial score (nSPS) is 14.1. The Hall–Kier alpha value is -12.9. The van der Waals surface area contributed by atoms with Crippen LogP contribution in [0.5, 0.6) is 0 Å². The molecule has 0 radical (unpaired) electrons. The summed E-state index contributed by atoms with van der Waals surface area (Å²) in [4.78, 5) is 29.6. The number of aromatic nitrogens is 6. The molecule has 0 atom stereocenters. The third kappa shape index (κ3) is 12.5. The second kappa shape index (κ2) is 28.5. The second-order valence-electron chi connectivity index (χ2n) is 29.5. The van der Waals surface area contributed by atoms with Crippen molar-refractivity contribution in [3.05, 3.63) is 374 Å². The fraction of sp³-hybridized carbons (Fsp3) is 0.118. The summed E-state index contributed by atoms with van der Waals surface area (Å²) in [6.07, 6.45) is 13.0. The summed E-state index contributed by atoms with van der Waals surface area (Å²) in [5.41, 5.74) is 32.3. The van der Waals surface area contributed by atoms with Gasteiger partial charge in [-0.05, 0) is 179 Å². The van der Waals surface area contributed by atoms with Crippen LogP contribution in [0.4, 0.5) is 0 Å². The molecule has 2 saturated carbocycles. The highest BCUT2D eigenvalue weighted by Gasteiger charge is 2.45. The van der Waals surface area contributed by atoms with Crippen molar-refractivity contribution < 1.29 is 0 Å². The first-order chi connectivity index (χ1) is 53.4. The Kier molecular flexibility index (Phi) is 17.4. The molecular weight excluding hydrogens is 1310 g/mol. The van der Waals surface area contributed by atoms with E-state index in [1.165, 1.54) is 148 Å². The topological polar surface area (TPSA) is 77.3 Å². The Balaban J connectivity index is 0.000000147. The first-order valence-electron chi connectivity index (χ1n) is 38.3. The lowest BCUT2D eigenvalue weighted by atomic mass is 9.68. The highest BCUT2D eigenvalue weighted by molar-refractivity contribution is 5.89. The molecule has 2 fully saturated rings. The summed E-state index contributed by atoms with van der Waals surface area (Å²) in [7, 11) is 0. The molecular formula is C102H78N6. The number of fused-ring (bicyclic) bond motifs is 10. The van der Waals surface area contributed by atoms with Crippen LogP contribution in [0.25, 0.3) is 157 Å². The van der Waals surface area contributed by atoms with E-state index in [0.717, 1.165) is 55.6 Å². The average Bonchev–Trinajstić information content (AvgIpc) is 1.57. The van der Waals surface area contributed by atoms with Crippen LogP contribution in [0.3, 0.4) is 0 Å². The Labute approximate surface area is 632 Å². The molecule has 20 rings (SSSR count). The van der Waals surface area contributed by atoms with Crippen LogP contribution in [0, 0.1) is 0 Å². The van der Waals surface area contributed by atoms with Crippen molar-refractivity contribution in [2.45, 2.75) is 75.0 Å². The minimum absolute atomic E-state index is 0.181. The average molecular weight is 1390 g/mol. The number of rotatable bonds is 12. The van der Waals surface area contributed by atoms with E-state index in [1.54, 1.807) is 5.56 Å². The summed E-state index contributed by atoms with van der Waals surface area (Å²) < 4.78 is 0. The third-order valence-electron chi connectivity index (χ3n) is 23.1. The van der Waals surface area contributed by atoms with E-state index in [0.29, 0.717) is 34.9 Å². The van der Waals surface area contributed by atoms with Crippen LogP contribution in [-0.2, 0) is 10.8 Å². The molecule has 6 nitrogen and oxygen atoms in total. The van der Waals surface area contributed by atoms with Gasteiger partial charge >= 0.3 is 0 Å². The van der Waals surface area contributed by atoms with Crippen molar-refractivity contribution in [2.24, 2.45) is 0 Å². The maximum Gasteiger partial charge on any atom is 0.164 e. The van der Waals surface area contributed by atoms with Gasteiger partial charge in [-0.3, -0.25) is 0 Å². The molecule has 516 valence electrons. The fourth-order valence-electron chi connectivity index (χ4n) is 17.7. The summed E-state index contributed by atoms with van der Waals surface area (Å²) in [5.74, 6) is 3.95. The molecule has 4 aliphatic rings. The van der Waals surface area contributed by atoms with E-state index in [2.05, 4.69) is 231 Å². The molecule has 14 aromatic carbocycles. The van der Waals surface area contributed by atoms with Gasteiger partial charge in [-0.25, -0.2) is 29.9 Å².